The van der Waals surface area contributed by atoms with Crippen molar-refractivity contribution in [1.29, 1.82) is 0 Å². The van der Waals surface area contributed by atoms with Gasteiger partial charge in [-0.1, -0.05) is 50.8 Å². The molecule has 4 heteroatoms. The highest BCUT2D eigenvalue weighted by atomic mass is 19.2. The van der Waals surface area contributed by atoms with E-state index in [1.807, 2.05) is 0 Å². The van der Waals surface area contributed by atoms with E-state index in [9.17, 15) is 8.78 Å². The van der Waals surface area contributed by atoms with E-state index in [0.29, 0.717) is 24.2 Å². The molecule has 0 N–H and O–H groups in total. The molecular formula is C33H50F2O2. The van der Waals surface area contributed by atoms with E-state index in [1.54, 1.807) is 12.1 Å². The molecule has 37 heavy (non-hydrogen) atoms. The van der Waals surface area contributed by atoms with Crippen molar-refractivity contribution in [3.63, 3.8) is 0 Å². The molecule has 2 atom stereocenters. The lowest BCUT2D eigenvalue weighted by Gasteiger charge is -2.41. The molecule has 3 aliphatic rings. The van der Waals surface area contributed by atoms with Gasteiger partial charge in [0.25, 0.3) is 0 Å². The molecule has 0 amide bonds. The monoisotopic (exact) mass is 516 g/mol. The lowest BCUT2D eigenvalue weighted by atomic mass is 9.71. The van der Waals surface area contributed by atoms with Crippen LogP contribution in [0.2, 0.25) is 0 Å². The number of allylic oxidation sites excluding steroid dienone is 2. The molecule has 1 aromatic rings. The Morgan fingerprint density at radius 3 is 2.19 bits per heavy atom. The molecule has 1 aromatic carbocycles. The third-order valence-electron chi connectivity index (χ3n) is 9.61. The van der Waals surface area contributed by atoms with Crippen LogP contribution in [0.1, 0.15) is 122 Å². The molecule has 2 nitrogen and oxygen atoms in total. The topological polar surface area (TPSA) is 18.5 Å². The van der Waals surface area contributed by atoms with Crippen LogP contribution in [0.15, 0.2) is 24.3 Å². The van der Waals surface area contributed by atoms with E-state index >= 15 is 0 Å². The van der Waals surface area contributed by atoms with Crippen LogP contribution < -0.4 is 4.74 Å². The highest BCUT2D eigenvalue weighted by Gasteiger charge is 2.36. The number of ether oxygens (including phenoxy) is 2. The maximum Gasteiger partial charge on any atom is 0.200 e. The Labute approximate surface area is 224 Å². The number of unbranched alkanes of at least 4 members (excludes halogenated alkanes) is 4. The van der Waals surface area contributed by atoms with E-state index in [1.165, 1.54) is 57.8 Å². The van der Waals surface area contributed by atoms with Gasteiger partial charge in [0, 0.05) is 0 Å². The van der Waals surface area contributed by atoms with Crippen LogP contribution in [0, 0.1) is 35.3 Å². The maximum atomic E-state index is 15.0. The predicted molar refractivity (Wildman–Crippen MR) is 148 cm³/mol. The van der Waals surface area contributed by atoms with Gasteiger partial charge >= 0.3 is 0 Å². The van der Waals surface area contributed by atoms with Gasteiger partial charge in [0.1, 0.15) is 0 Å². The first-order valence-electron chi connectivity index (χ1n) is 15.5. The van der Waals surface area contributed by atoms with Gasteiger partial charge in [0.15, 0.2) is 11.6 Å². The molecule has 2 aliphatic carbocycles. The van der Waals surface area contributed by atoms with Crippen molar-refractivity contribution in [2.45, 2.75) is 122 Å². The Morgan fingerprint density at radius 1 is 0.811 bits per heavy atom. The summed E-state index contributed by atoms with van der Waals surface area (Å²) in [6, 6.07) is 3.41. The van der Waals surface area contributed by atoms with Crippen molar-refractivity contribution < 1.29 is 18.3 Å². The van der Waals surface area contributed by atoms with Crippen LogP contribution in [0.5, 0.6) is 5.75 Å². The average Bonchev–Trinajstić information content (AvgIpc) is 2.94. The van der Waals surface area contributed by atoms with E-state index in [0.717, 1.165) is 62.9 Å². The molecule has 0 radical (unpaired) electrons. The minimum Gasteiger partial charge on any atom is -0.490 e. The molecule has 4 rings (SSSR count). The SMILES string of the molecule is C/C=C/C1CCC(C2CC[C@@H](C3CCC(c4ccc(OCCCCCCC)c(F)c4F)CC3)OC2)CC1. The summed E-state index contributed by atoms with van der Waals surface area (Å²) in [5.74, 6) is 1.56. The average molecular weight is 517 g/mol. The smallest absolute Gasteiger partial charge is 0.200 e. The number of halogens is 2. The van der Waals surface area contributed by atoms with Crippen LogP contribution in [-0.2, 0) is 4.74 Å². The van der Waals surface area contributed by atoms with Crippen molar-refractivity contribution in [2.75, 3.05) is 13.2 Å². The van der Waals surface area contributed by atoms with Gasteiger partial charge in [-0.3, -0.25) is 0 Å². The Balaban J connectivity index is 1.19. The van der Waals surface area contributed by atoms with E-state index < -0.39 is 11.6 Å². The lowest BCUT2D eigenvalue weighted by Crippen LogP contribution is -2.37. The van der Waals surface area contributed by atoms with Gasteiger partial charge in [-0.25, -0.2) is 4.39 Å². The molecule has 1 unspecified atom stereocenters. The summed E-state index contributed by atoms with van der Waals surface area (Å²) < 4.78 is 41.8. The van der Waals surface area contributed by atoms with Crippen LogP contribution in [0.3, 0.4) is 0 Å². The number of hydrogen-bond acceptors (Lipinski definition) is 2. The van der Waals surface area contributed by atoms with Gasteiger partial charge in [0.05, 0.1) is 19.3 Å². The van der Waals surface area contributed by atoms with Crippen molar-refractivity contribution in [3.05, 3.63) is 41.5 Å². The fourth-order valence-corrected chi connectivity index (χ4v) is 7.28. The zero-order valence-corrected chi connectivity index (χ0v) is 23.4. The van der Waals surface area contributed by atoms with Gasteiger partial charge in [-0.05, 0) is 119 Å². The van der Waals surface area contributed by atoms with Crippen molar-refractivity contribution in [3.8, 4) is 5.75 Å². The molecule has 1 aliphatic heterocycles. The molecule has 0 bridgehead atoms. The second-order valence-corrected chi connectivity index (χ2v) is 12.1. The summed E-state index contributed by atoms with van der Waals surface area (Å²) >= 11 is 0. The fraction of sp³-hybridized carbons (Fsp3) is 0.758. The summed E-state index contributed by atoms with van der Waals surface area (Å²) in [6.07, 6.45) is 22.2. The summed E-state index contributed by atoms with van der Waals surface area (Å²) in [5.41, 5.74) is 0.532. The standard InChI is InChI=1S/C33H50F2O2/c1-3-5-6-7-8-22-36-31-21-19-29(32(34)33(31)35)26-14-16-27(17-15-26)30-20-18-28(23-37-30)25-12-10-24(9-4-2)11-13-25/h4,9,19,21,24-28,30H,3,5-8,10-18,20,22-23H2,1-2H3/b9-4+/t24?,25?,26?,27?,28?,30-/m0/s1. The normalized spacial score (nSPS) is 31.0. The van der Waals surface area contributed by atoms with E-state index in [4.69, 9.17) is 9.47 Å². The minimum absolute atomic E-state index is 0.0610. The Bertz CT molecular complexity index is 829. The second-order valence-electron chi connectivity index (χ2n) is 12.1. The molecular weight excluding hydrogens is 466 g/mol. The summed E-state index contributed by atoms with van der Waals surface area (Å²) in [4.78, 5) is 0. The Morgan fingerprint density at radius 2 is 1.51 bits per heavy atom. The van der Waals surface area contributed by atoms with Crippen LogP contribution in [-0.4, -0.2) is 19.3 Å². The minimum atomic E-state index is -0.811. The third kappa shape index (κ3) is 7.80. The van der Waals surface area contributed by atoms with Gasteiger partial charge in [-0.15, -0.1) is 0 Å². The molecule has 0 spiro atoms. The van der Waals surface area contributed by atoms with E-state index in [-0.39, 0.29) is 11.7 Å². The second kappa shape index (κ2) is 14.7. The molecule has 1 heterocycles. The van der Waals surface area contributed by atoms with Gasteiger partial charge in [0.2, 0.25) is 5.82 Å². The highest BCUT2D eigenvalue weighted by molar-refractivity contribution is 5.33. The van der Waals surface area contributed by atoms with E-state index in [2.05, 4.69) is 26.0 Å². The van der Waals surface area contributed by atoms with Crippen molar-refractivity contribution >= 4 is 0 Å². The van der Waals surface area contributed by atoms with Crippen LogP contribution in [0.4, 0.5) is 8.78 Å². The van der Waals surface area contributed by atoms with Gasteiger partial charge in [-0.2, -0.15) is 4.39 Å². The summed E-state index contributed by atoms with van der Waals surface area (Å²) in [6.45, 7) is 5.68. The molecule has 3 fully saturated rings. The number of rotatable bonds is 11. The highest BCUT2D eigenvalue weighted by Crippen LogP contribution is 2.44. The summed E-state index contributed by atoms with van der Waals surface area (Å²) in [7, 11) is 0. The predicted octanol–water partition coefficient (Wildman–Crippen LogP) is 9.77. The maximum absolute atomic E-state index is 15.0. The first kappa shape index (κ1) is 28.6. The molecule has 1 saturated heterocycles. The third-order valence-corrected chi connectivity index (χ3v) is 9.61. The quantitative estimate of drug-likeness (QED) is 0.215. The zero-order chi connectivity index (χ0) is 26.0. The number of benzene rings is 1. The molecule has 0 aromatic heterocycles. The first-order valence-corrected chi connectivity index (χ1v) is 15.5. The van der Waals surface area contributed by atoms with Gasteiger partial charge < -0.3 is 9.47 Å². The van der Waals surface area contributed by atoms with Crippen molar-refractivity contribution in [1.82, 2.24) is 0 Å². The number of hydrogen-bond donors (Lipinski definition) is 0. The first-order chi connectivity index (χ1) is 18.1. The Hall–Kier alpha value is -1.42. The molecule has 2 saturated carbocycles. The fourth-order valence-electron chi connectivity index (χ4n) is 7.28. The Kier molecular flexibility index (Phi) is 11.3. The zero-order valence-electron chi connectivity index (χ0n) is 23.4. The summed E-state index contributed by atoms with van der Waals surface area (Å²) in [5, 5.41) is 0. The van der Waals surface area contributed by atoms with Crippen LogP contribution in [0.25, 0.3) is 0 Å². The molecule has 208 valence electrons. The van der Waals surface area contributed by atoms with Crippen LogP contribution >= 0.6 is 0 Å². The largest absolute Gasteiger partial charge is 0.490 e. The van der Waals surface area contributed by atoms with Crippen molar-refractivity contribution in [2.24, 2.45) is 23.7 Å². The lowest BCUT2D eigenvalue weighted by molar-refractivity contribution is -0.0719.